The summed E-state index contributed by atoms with van der Waals surface area (Å²) in [5.74, 6) is 0.339. The second-order valence-electron chi connectivity index (χ2n) is 4.15. The summed E-state index contributed by atoms with van der Waals surface area (Å²) >= 11 is 0. The molecular weight excluding hydrogens is 216 g/mol. The number of hydrogen-bond acceptors (Lipinski definition) is 5. The summed E-state index contributed by atoms with van der Waals surface area (Å²) in [4.78, 5) is 0. The molecule has 1 N–H and O–H groups in total. The molecule has 17 heavy (non-hydrogen) atoms. The van der Waals surface area contributed by atoms with Crippen LogP contribution < -0.4 is 10.1 Å². The fourth-order valence-corrected chi connectivity index (χ4v) is 1.98. The zero-order chi connectivity index (χ0) is 11.9. The van der Waals surface area contributed by atoms with Crippen molar-refractivity contribution in [3.63, 3.8) is 0 Å². The highest BCUT2D eigenvalue weighted by molar-refractivity contribution is 5.35. The van der Waals surface area contributed by atoms with Gasteiger partial charge < -0.3 is 10.1 Å². The Balaban J connectivity index is 1.79. The van der Waals surface area contributed by atoms with Crippen LogP contribution in [0, 0.1) is 11.3 Å². The van der Waals surface area contributed by atoms with Gasteiger partial charge in [0, 0.05) is 6.04 Å². The molecule has 0 spiro atoms. The maximum Gasteiger partial charge on any atom is 0.251 e. The van der Waals surface area contributed by atoms with Crippen molar-refractivity contribution < 1.29 is 4.74 Å². The summed E-state index contributed by atoms with van der Waals surface area (Å²) in [6, 6.07) is 4.19. The van der Waals surface area contributed by atoms with Crippen LogP contribution in [-0.4, -0.2) is 29.4 Å². The van der Waals surface area contributed by atoms with Gasteiger partial charge in [-0.15, -0.1) is 5.10 Å². The van der Waals surface area contributed by atoms with E-state index >= 15 is 0 Å². The van der Waals surface area contributed by atoms with Crippen LogP contribution in [0.4, 0.5) is 0 Å². The van der Waals surface area contributed by atoms with E-state index in [4.69, 9.17) is 10.00 Å². The van der Waals surface area contributed by atoms with Gasteiger partial charge in [0.15, 0.2) is 0 Å². The lowest BCUT2D eigenvalue weighted by molar-refractivity contribution is 0.258. The van der Waals surface area contributed by atoms with Gasteiger partial charge in [-0.2, -0.15) is 10.4 Å². The van der Waals surface area contributed by atoms with Crippen molar-refractivity contribution >= 4 is 0 Å². The van der Waals surface area contributed by atoms with Crippen LogP contribution in [0.1, 0.15) is 31.2 Å². The van der Waals surface area contributed by atoms with Crippen LogP contribution in [0.15, 0.2) is 12.3 Å². The molecule has 1 unspecified atom stereocenters. The average molecular weight is 232 g/mol. The molecule has 1 aromatic rings. The molecule has 0 amide bonds. The third-order valence-electron chi connectivity index (χ3n) is 2.92. The highest BCUT2D eigenvalue weighted by atomic mass is 16.5. The number of piperidine rings is 1. The molecule has 2 rings (SSSR count). The number of nitrogens with one attached hydrogen (secondary N) is 1. The van der Waals surface area contributed by atoms with E-state index in [0.29, 0.717) is 24.1 Å². The van der Waals surface area contributed by atoms with Gasteiger partial charge in [0.1, 0.15) is 11.6 Å². The van der Waals surface area contributed by atoms with E-state index in [-0.39, 0.29) is 0 Å². The van der Waals surface area contributed by atoms with E-state index < -0.39 is 0 Å². The van der Waals surface area contributed by atoms with E-state index in [2.05, 4.69) is 15.5 Å². The highest BCUT2D eigenvalue weighted by Crippen LogP contribution is 2.14. The summed E-state index contributed by atoms with van der Waals surface area (Å²) < 4.78 is 5.49. The molecule has 0 bridgehead atoms. The molecule has 5 nitrogen and oxygen atoms in total. The lowest BCUT2D eigenvalue weighted by atomic mass is 10.0. The van der Waals surface area contributed by atoms with Crippen molar-refractivity contribution in [2.24, 2.45) is 0 Å². The van der Waals surface area contributed by atoms with E-state index in [0.717, 1.165) is 13.0 Å². The van der Waals surface area contributed by atoms with Crippen molar-refractivity contribution in [1.29, 1.82) is 5.26 Å². The fraction of sp³-hybridized carbons (Fsp3) is 0.583. The van der Waals surface area contributed by atoms with E-state index in [9.17, 15) is 0 Å². The fourth-order valence-electron chi connectivity index (χ4n) is 1.98. The van der Waals surface area contributed by atoms with Gasteiger partial charge in [-0.25, -0.2) is 0 Å². The zero-order valence-corrected chi connectivity index (χ0v) is 9.72. The molecule has 1 aliphatic heterocycles. The van der Waals surface area contributed by atoms with Crippen molar-refractivity contribution in [3.05, 3.63) is 17.8 Å². The molecule has 2 heterocycles. The number of ether oxygens (including phenoxy) is 1. The van der Waals surface area contributed by atoms with Crippen LogP contribution in [-0.2, 0) is 0 Å². The molecule has 1 fully saturated rings. The Hall–Kier alpha value is -1.67. The SMILES string of the molecule is N#Cc1ccnnc1OCCC1CCCCN1. The number of nitriles is 1. The van der Waals surface area contributed by atoms with Crippen molar-refractivity contribution in [1.82, 2.24) is 15.5 Å². The monoisotopic (exact) mass is 232 g/mol. The van der Waals surface area contributed by atoms with E-state index in [1.54, 1.807) is 6.07 Å². The molecule has 90 valence electrons. The normalized spacial score (nSPS) is 19.6. The number of rotatable bonds is 4. The van der Waals surface area contributed by atoms with Crippen LogP contribution in [0.3, 0.4) is 0 Å². The van der Waals surface area contributed by atoms with Crippen molar-refractivity contribution in [2.75, 3.05) is 13.2 Å². The Morgan fingerprint density at radius 2 is 2.47 bits per heavy atom. The van der Waals surface area contributed by atoms with Gasteiger partial charge in [-0.3, -0.25) is 0 Å². The van der Waals surface area contributed by atoms with E-state index in [1.807, 2.05) is 6.07 Å². The quantitative estimate of drug-likeness (QED) is 0.846. The largest absolute Gasteiger partial charge is 0.476 e. The predicted octanol–water partition coefficient (Wildman–Crippen LogP) is 1.26. The molecule has 0 saturated carbocycles. The van der Waals surface area contributed by atoms with Gasteiger partial charge >= 0.3 is 0 Å². The molecule has 1 saturated heterocycles. The van der Waals surface area contributed by atoms with Crippen molar-refractivity contribution in [2.45, 2.75) is 31.7 Å². The molecule has 0 radical (unpaired) electrons. The zero-order valence-electron chi connectivity index (χ0n) is 9.72. The first kappa shape index (κ1) is 11.8. The van der Waals surface area contributed by atoms with Crippen molar-refractivity contribution in [3.8, 4) is 11.9 Å². The number of hydrogen-bond donors (Lipinski definition) is 1. The van der Waals surface area contributed by atoms with Crippen LogP contribution in [0.25, 0.3) is 0 Å². The predicted molar refractivity (Wildman–Crippen MR) is 62.5 cm³/mol. The third kappa shape index (κ3) is 3.40. The molecule has 1 atom stereocenters. The summed E-state index contributed by atoms with van der Waals surface area (Å²) in [5.41, 5.74) is 0.441. The minimum atomic E-state index is 0.339. The minimum Gasteiger partial charge on any atom is -0.476 e. The second kappa shape index (κ2) is 6.16. The first-order valence-corrected chi connectivity index (χ1v) is 5.98. The first-order valence-electron chi connectivity index (χ1n) is 5.98. The Morgan fingerprint density at radius 3 is 3.24 bits per heavy atom. The van der Waals surface area contributed by atoms with Gasteiger partial charge in [-0.05, 0) is 31.9 Å². The Labute approximate surface area is 101 Å². The van der Waals surface area contributed by atoms with Crippen LogP contribution in [0.5, 0.6) is 5.88 Å². The summed E-state index contributed by atoms with van der Waals surface area (Å²) in [7, 11) is 0. The van der Waals surface area contributed by atoms with E-state index in [1.165, 1.54) is 25.5 Å². The van der Waals surface area contributed by atoms with Crippen LogP contribution >= 0.6 is 0 Å². The summed E-state index contributed by atoms with van der Waals surface area (Å²) in [6.45, 7) is 1.67. The molecule has 0 aliphatic carbocycles. The highest BCUT2D eigenvalue weighted by Gasteiger charge is 2.13. The minimum absolute atomic E-state index is 0.339. The Kier molecular flexibility index (Phi) is 4.28. The van der Waals surface area contributed by atoms with Gasteiger partial charge in [0.2, 0.25) is 0 Å². The number of nitrogens with zero attached hydrogens (tertiary/aromatic N) is 3. The lowest BCUT2D eigenvalue weighted by Crippen LogP contribution is -2.35. The summed E-state index contributed by atoms with van der Waals surface area (Å²) in [6.07, 6.45) is 6.19. The maximum atomic E-state index is 8.86. The molecule has 1 aromatic heterocycles. The topological polar surface area (TPSA) is 70.8 Å². The van der Waals surface area contributed by atoms with Gasteiger partial charge in [-0.1, -0.05) is 6.42 Å². The third-order valence-corrected chi connectivity index (χ3v) is 2.92. The molecular formula is C12H16N4O. The lowest BCUT2D eigenvalue weighted by Gasteiger charge is -2.23. The molecule has 1 aliphatic rings. The van der Waals surface area contributed by atoms with Gasteiger partial charge in [0.25, 0.3) is 5.88 Å². The Morgan fingerprint density at radius 1 is 1.53 bits per heavy atom. The molecule has 5 heteroatoms. The maximum absolute atomic E-state index is 8.86. The van der Waals surface area contributed by atoms with Gasteiger partial charge in [0.05, 0.1) is 12.8 Å². The first-order chi connectivity index (χ1) is 8.40. The van der Waals surface area contributed by atoms with Crippen LogP contribution in [0.2, 0.25) is 0 Å². The standard InChI is InChI=1S/C12H16N4O/c13-9-10-4-7-15-16-12(10)17-8-5-11-3-1-2-6-14-11/h4,7,11,14H,1-3,5-6,8H2. The smallest absolute Gasteiger partial charge is 0.251 e. The summed E-state index contributed by atoms with van der Waals surface area (Å²) in [5, 5.41) is 19.8. The average Bonchev–Trinajstić information content (AvgIpc) is 2.40. The second-order valence-corrected chi connectivity index (χ2v) is 4.15. The number of aromatic nitrogens is 2. The molecule has 0 aromatic carbocycles. The Bertz CT molecular complexity index is 396.